The number of para-hydroxylation sites is 1. The topological polar surface area (TPSA) is 72.7 Å². The number of carbonyl (C=O) groups is 1. The molecule has 2 aromatic carbocycles. The van der Waals surface area contributed by atoms with Crippen molar-refractivity contribution in [1.29, 1.82) is 0 Å². The highest BCUT2D eigenvalue weighted by Crippen LogP contribution is 2.32. The van der Waals surface area contributed by atoms with Gasteiger partial charge >= 0.3 is 5.69 Å². The van der Waals surface area contributed by atoms with E-state index in [4.69, 9.17) is 4.74 Å². The molecule has 0 N–H and O–H groups in total. The van der Waals surface area contributed by atoms with Crippen LogP contribution in [0.1, 0.15) is 24.2 Å². The first kappa shape index (κ1) is 16.5. The first-order valence-corrected chi connectivity index (χ1v) is 7.37. The molecule has 0 unspecified atom stereocenters. The van der Waals surface area contributed by atoms with Crippen molar-refractivity contribution in [2.75, 3.05) is 13.1 Å². The molecule has 0 bridgehead atoms. The fourth-order valence-electron chi connectivity index (χ4n) is 2.19. The fraction of sp³-hybridized carbons (Fsp3) is 0.235. The van der Waals surface area contributed by atoms with E-state index in [0.29, 0.717) is 24.4 Å². The van der Waals surface area contributed by atoms with E-state index in [9.17, 15) is 14.9 Å². The van der Waals surface area contributed by atoms with Crippen LogP contribution in [-0.2, 0) is 0 Å². The fourth-order valence-corrected chi connectivity index (χ4v) is 2.19. The quantitative estimate of drug-likeness (QED) is 0.599. The van der Waals surface area contributed by atoms with E-state index in [1.54, 1.807) is 29.2 Å². The molecule has 0 spiro atoms. The summed E-state index contributed by atoms with van der Waals surface area (Å²) < 4.78 is 5.60. The Morgan fingerprint density at radius 1 is 1.13 bits per heavy atom. The maximum Gasteiger partial charge on any atom is 0.311 e. The third-order valence-corrected chi connectivity index (χ3v) is 3.43. The average molecular weight is 314 g/mol. The van der Waals surface area contributed by atoms with Gasteiger partial charge in [0, 0.05) is 30.8 Å². The predicted molar refractivity (Wildman–Crippen MR) is 86.9 cm³/mol. The molecule has 1 amide bonds. The smallest absolute Gasteiger partial charge is 0.311 e. The lowest BCUT2D eigenvalue weighted by Gasteiger charge is -2.19. The van der Waals surface area contributed by atoms with Crippen molar-refractivity contribution in [3.8, 4) is 11.5 Å². The summed E-state index contributed by atoms with van der Waals surface area (Å²) in [6.45, 7) is 4.91. The Morgan fingerprint density at radius 2 is 1.78 bits per heavy atom. The molecule has 120 valence electrons. The highest BCUT2D eigenvalue weighted by Gasteiger charge is 2.20. The zero-order valence-corrected chi connectivity index (χ0v) is 13.1. The molecular formula is C17H18N2O4. The minimum absolute atomic E-state index is 0.0548. The second-order valence-corrected chi connectivity index (χ2v) is 4.83. The van der Waals surface area contributed by atoms with Crippen molar-refractivity contribution in [3.63, 3.8) is 0 Å². The summed E-state index contributed by atoms with van der Waals surface area (Å²) in [5.41, 5.74) is 0.190. The number of rotatable bonds is 6. The Labute approximate surface area is 134 Å². The summed E-state index contributed by atoms with van der Waals surface area (Å²) in [6, 6.07) is 12.9. The van der Waals surface area contributed by atoms with Crippen LogP contribution in [0.2, 0.25) is 0 Å². The minimum atomic E-state index is -0.524. The van der Waals surface area contributed by atoms with E-state index in [1.807, 2.05) is 19.9 Å². The van der Waals surface area contributed by atoms with Crippen molar-refractivity contribution in [3.05, 3.63) is 64.2 Å². The van der Waals surface area contributed by atoms with Gasteiger partial charge in [0.1, 0.15) is 5.75 Å². The molecule has 0 heterocycles. The summed E-state index contributed by atoms with van der Waals surface area (Å²) in [6.07, 6.45) is 0. The lowest BCUT2D eigenvalue weighted by molar-refractivity contribution is -0.385. The summed E-state index contributed by atoms with van der Waals surface area (Å²) in [5, 5.41) is 11.2. The zero-order valence-electron chi connectivity index (χ0n) is 13.1. The van der Waals surface area contributed by atoms with Gasteiger partial charge < -0.3 is 9.64 Å². The van der Waals surface area contributed by atoms with Gasteiger partial charge in [-0.2, -0.15) is 0 Å². The third-order valence-electron chi connectivity index (χ3n) is 3.43. The van der Waals surface area contributed by atoms with E-state index in [2.05, 4.69) is 0 Å². The van der Waals surface area contributed by atoms with Gasteiger partial charge in [0.25, 0.3) is 5.91 Å². The summed E-state index contributed by atoms with van der Waals surface area (Å²) in [4.78, 5) is 24.7. The summed E-state index contributed by atoms with van der Waals surface area (Å²) in [7, 11) is 0. The number of benzene rings is 2. The average Bonchev–Trinajstić information content (AvgIpc) is 2.56. The van der Waals surface area contributed by atoms with E-state index in [1.165, 1.54) is 18.2 Å². The molecule has 0 fully saturated rings. The molecule has 2 aromatic rings. The summed E-state index contributed by atoms with van der Waals surface area (Å²) >= 11 is 0. The molecule has 0 aromatic heterocycles. The van der Waals surface area contributed by atoms with Gasteiger partial charge in [-0.1, -0.05) is 18.2 Å². The van der Waals surface area contributed by atoms with Crippen LogP contribution in [-0.4, -0.2) is 28.8 Å². The molecule has 6 heteroatoms. The molecule has 0 saturated carbocycles. The Bertz CT molecular complexity index is 697. The lowest BCUT2D eigenvalue weighted by atomic mass is 10.1. The number of hydrogen-bond donors (Lipinski definition) is 0. The molecule has 0 aliphatic heterocycles. The Hall–Kier alpha value is -2.89. The largest absolute Gasteiger partial charge is 0.450 e. The van der Waals surface area contributed by atoms with Gasteiger partial charge in [-0.3, -0.25) is 14.9 Å². The van der Waals surface area contributed by atoms with Gasteiger partial charge in [-0.25, -0.2) is 0 Å². The predicted octanol–water partition coefficient (Wildman–Crippen LogP) is 3.87. The van der Waals surface area contributed by atoms with Gasteiger partial charge in [0.15, 0.2) is 0 Å². The number of carbonyl (C=O) groups excluding carboxylic acids is 1. The van der Waals surface area contributed by atoms with Crippen LogP contribution in [0.3, 0.4) is 0 Å². The van der Waals surface area contributed by atoms with Crippen molar-refractivity contribution < 1.29 is 14.5 Å². The minimum Gasteiger partial charge on any atom is -0.450 e. The SMILES string of the molecule is CCN(CC)C(=O)c1ccc([N+](=O)[O-])c(Oc2ccccc2)c1. The van der Waals surface area contributed by atoms with Crippen LogP contribution >= 0.6 is 0 Å². The molecule has 0 atom stereocenters. The van der Waals surface area contributed by atoms with Crippen LogP contribution in [0.4, 0.5) is 5.69 Å². The van der Waals surface area contributed by atoms with E-state index in [0.717, 1.165) is 0 Å². The number of hydrogen-bond acceptors (Lipinski definition) is 4. The van der Waals surface area contributed by atoms with Crippen LogP contribution in [0.25, 0.3) is 0 Å². The molecule has 0 radical (unpaired) electrons. The molecule has 23 heavy (non-hydrogen) atoms. The number of nitro benzene ring substituents is 1. The van der Waals surface area contributed by atoms with Gasteiger partial charge in [-0.15, -0.1) is 0 Å². The normalized spacial score (nSPS) is 10.2. The Kier molecular flexibility index (Phi) is 5.30. The lowest BCUT2D eigenvalue weighted by Crippen LogP contribution is -2.30. The van der Waals surface area contributed by atoms with Gasteiger partial charge in [0.05, 0.1) is 4.92 Å². The Balaban J connectivity index is 2.39. The molecule has 2 rings (SSSR count). The van der Waals surface area contributed by atoms with Gasteiger partial charge in [0.2, 0.25) is 5.75 Å². The van der Waals surface area contributed by atoms with E-state index >= 15 is 0 Å². The Morgan fingerprint density at radius 3 is 2.35 bits per heavy atom. The van der Waals surface area contributed by atoms with Gasteiger partial charge in [-0.05, 0) is 32.0 Å². The van der Waals surface area contributed by atoms with E-state index < -0.39 is 4.92 Å². The highest BCUT2D eigenvalue weighted by molar-refractivity contribution is 5.95. The number of ether oxygens (including phenoxy) is 1. The van der Waals surface area contributed by atoms with Crippen LogP contribution in [0, 0.1) is 10.1 Å². The molecule has 6 nitrogen and oxygen atoms in total. The zero-order chi connectivity index (χ0) is 16.8. The van der Waals surface area contributed by atoms with E-state index in [-0.39, 0.29) is 17.3 Å². The van der Waals surface area contributed by atoms with Crippen LogP contribution in [0.5, 0.6) is 11.5 Å². The molecule has 0 aliphatic carbocycles. The van der Waals surface area contributed by atoms with Crippen molar-refractivity contribution in [2.45, 2.75) is 13.8 Å². The second kappa shape index (κ2) is 7.40. The molecular weight excluding hydrogens is 296 g/mol. The van der Waals surface area contributed by atoms with Crippen LogP contribution in [0.15, 0.2) is 48.5 Å². The monoisotopic (exact) mass is 314 g/mol. The first-order chi connectivity index (χ1) is 11.1. The number of nitro groups is 1. The summed E-state index contributed by atoms with van der Waals surface area (Å²) in [5.74, 6) is 0.352. The third kappa shape index (κ3) is 3.85. The standard InChI is InChI=1S/C17H18N2O4/c1-3-18(4-2)17(20)13-10-11-15(19(21)22)16(12-13)23-14-8-6-5-7-9-14/h5-12H,3-4H2,1-2H3. The van der Waals surface area contributed by atoms with Crippen molar-refractivity contribution >= 4 is 11.6 Å². The van der Waals surface area contributed by atoms with Crippen LogP contribution < -0.4 is 4.74 Å². The van der Waals surface area contributed by atoms with Crippen molar-refractivity contribution in [2.24, 2.45) is 0 Å². The number of nitrogens with zero attached hydrogens (tertiary/aromatic N) is 2. The maximum absolute atomic E-state index is 12.4. The highest BCUT2D eigenvalue weighted by atomic mass is 16.6. The second-order valence-electron chi connectivity index (χ2n) is 4.83. The van der Waals surface area contributed by atoms with Crippen molar-refractivity contribution in [1.82, 2.24) is 4.90 Å². The molecule has 0 aliphatic rings. The number of amides is 1. The maximum atomic E-state index is 12.4. The molecule has 0 saturated heterocycles. The first-order valence-electron chi connectivity index (χ1n) is 7.37.